The molecule has 0 aromatic carbocycles. The maximum atomic E-state index is 5.70. The van der Waals surface area contributed by atoms with Crippen LogP contribution in [0.25, 0.3) is 0 Å². The molecule has 3 N–H and O–H groups in total. The number of nitrogen functional groups attached to an aromatic ring is 1. The number of anilines is 1. The van der Waals surface area contributed by atoms with Crippen molar-refractivity contribution in [3.05, 3.63) is 11.9 Å². The monoisotopic (exact) mass is 265 g/mol. The highest BCUT2D eigenvalue weighted by Crippen LogP contribution is 2.24. The first kappa shape index (κ1) is 14.0. The Morgan fingerprint density at radius 3 is 2.89 bits per heavy atom. The molecule has 2 rings (SSSR count). The minimum absolute atomic E-state index is 0.593. The van der Waals surface area contributed by atoms with Crippen molar-refractivity contribution in [2.45, 2.75) is 38.6 Å². The van der Waals surface area contributed by atoms with Crippen LogP contribution in [0.3, 0.4) is 0 Å². The number of likely N-dealkylation sites (N-methyl/N-ethyl adjacent to an activating group) is 1. The first-order valence-electron chi connectivity index (χ1n) is 6.90. The van der Waals surface area contributed by atoms with Gasteiger partial charge in [-0.2, -0.15) is 4.98 Å². The second-order valence-electron chi connectivity index (χ2n) is 4.96. The third kappa shape index (κ3) is 4.33. The molecular formula is C13H23N5O. The van der Waals surface area contributed by atoms with Gasteiger partial charge in [-0.15, -0.1) is 0 Å². The van der Waals surface area contributed by atoms with E-state index in [1.165, 1.54) is 12.8 Å². The molecule has 1 heterocycles. The Balaban J connectivity index is 1.88. The van der Waals surface area contributed by atoms with E-state index >= 15 is 0 Å². The Bertz CT molecular complexity index is 408. The summed E-state index contributed by atoms with van der Waals surface area (Å²) in [4.78, 5) is 11.0. The predicted molar refractivity (Wildman–Crippen MR) is 75.0 cm³/mol. The van der Waals surface area contributed by atoms with Gasteiger partial charge in [-0.3, -0.25) is 0 Å². The van der Waals surface area contributed by atoms with Crippen molar-refractivity contribution >= 4 is 5.82 Å². The van der Waals surface area contributed by atoms with Gasteiger partial charge in [0.1, 0.15) is 18.2 Å². The molecule has 1 aliphatic rings. The Kier molecular flexibility index (Phi) is 4.93. The maximum Gasteiger partial charge on any atom is 0.218 e. The molecule has 6 heteroatoms. The van der Waals surface area contributed by atoms with Crippen molar-refractivity contribution in [3.63, 3.8) is 0 Å². The molecule has 6 nitrogen and oxygen atoms in total. The summed E-state index contributed by atoms with van der Waals surface area (Å²) in [6, 6.07) is 2.49. The minimum Gasteiger partial charge on any atom is -0.476 e. The topological polar surface area (TPSA) is 76.3 Å². The molecule has 1 aromatic rings. The second-order valence-corrected chi connectivity index (χ2v) is 4.96. The molecular weight excluding hydrogens is 242 g/mol. The van der Waals surface area contributed by atoms with Crippen LogP contribution < -0.4 is 16.0 Å². The lowest BCUT2D eigenvalue weighted by Crippen LogP contribution is -2.26. The van der Waals surface area contributed by atoms with Crippen LogP contribution in [0.2, 0.25) is 0 Å². The average molecular weight is 265 g/mol. The van der Waals surface area contributed by atoms with E-state index in [1.54, 1.807) is 6.07 Å². The molecule has 0 bridgehead atoms. The number of nitrogens with zero attached hydrogens (tertiary/aromatic N) is 3. The average Bonchev–Trinajstić information content (AvgIpc) is 3.23. The molecule has 0 aliphatic heterocycles. The summed E-state index contributed by atoms with van der Waals surface area (Å²) in [6.45, 7) is 3.65. The Hall–Kier alpha value is -1.40. The molecule has 1 aromatic heterocycles. The van der Waals surface area contributed by atoms with Gasteiger partial charge >= 0.3 is 0 Å². The number of aromatic nitrogens is 2. The zero-order valence-electron chi connectivity index (χ0n) is 11.7. The number of rotatable bonds is 8. The van der Waals surface area contributed by atoms with Gasteiger partial charge < -0.3 is 15.1 Å². The van der Waals surface area contributed by atoms with Crippen molar-refractivity contribution in [2.24, 2.45) is 5.84 Å². The molecule has 0 amide bonds. The fourth-order valence-corrected chi connectivity index (χ4v) is 1.95. The van der Waals surface area contributed by atoms with Gasteiger partial charge in [-0.1, -0.05) is 6.92 Å². The van der Waals surface area contributed by atoms with Crippen molar-refractivity contribution in [1.29, 1.82) is 0 Å². The van der Waals surface area contributed by atoms with Crippen LogP contribution in [-0.2, 0) is 6.42 Å². The fourth-order valence-electron chi connectivity index (χ4n) is 1.95. The van der Waals surface area contributed by atoms with E-state index in [2.05, 4.69) is 34.3 Å². The van der Waals surface area contributed by atoms with Crippen molar-refractivity contribution < 1.29 is 4.74 Å². The standard InChI is InChI=1S/C13H23N5O/c1-3-4-11-15-12(17-14)9-13(16-11)19-8-7-18(2)10-5-6-10/h9-10H,3-8,14H2,1-2H3,(H,15,16,17). The number of nitrogens with one attached hydrogen (secondary N) is 1. The predicted octanol–water partition coefficient (Wildman–Crippen LogP) is 1.19. The van der Waals surface area contributed by atoms with Gasteiger partial charge in [-0.25, -0.2) is 10.8 Å². The highest BCUT2D eigenvalue weighted by molar-refractivity contribution is 5.36. The molecule has 0 unspecified atom stereocenters. The molecule has 0 saturated heterocycles. The Morgan fingerprint density at radius 1 is 1.47 bits per heavy atom. The van der Waals surface area contributed by atoms with Crippen molar-refractivity contribution in [2.75, 3.05) is 25.6 Å². The van der Waals surface area contributed by atoms with E-state index in [-0.39, 0.29) is 0 Å². The maximum absolute atomic E-state index is 5.70. The summed E-state index contributed by atoms with van der Waals surface area (Å²) in [7, 11) is 2.14. The molecule has 0 atom stereocenters. The Morgan fingerprint density at radius 2 is 2.26 bits per heavy atom. The zero-order chi connectivity index (χ0) is 13.7. The van der Waals surface area contributed by atoms with Gasteiger partial charge in [0.25, 0.3) is 0 Å². The van der Waals surface area contributed by atoms with Crippen LogP contribution >= 0.6 is 0 Å². The van der Waals surface area contributed by atoms with Gasteiger partial charge in [0.15, 0.2) is 0 Å². The molecule has 1 saturated carbocycles. The first-order valence-corrected chi connectivity index (χ1v) is 6.90. The quantitative estimate of drug-likeness (QED) is 0.543. The highest BCUT2D eigenvalue weighted by atomic mass is 16.5. The summed E-state index contributed by atoms with van der Waals surface area (Å²) in [5, 5.41) is 0. The summed E-state index contributed by atoms with van der Waals surface area (Å²) < 4.78 is 5.70. The number of hydrazine groups is 1. The summed E-state index contributed by atoms with van der Waals surface area (Å²) in [6.07, 6.45) is 4.45. The van der Waals surface area contributed by atoms with E-state index in [1.807, 2.05) is 0 Å². The largest absolute Gasteiger partial charge is 0.476 e. The van der Waals surface area contributed by atoms with E-state index in [0.717, 1.165) is 31.3 Å². The van der Waals surface area contributed by atoms with Crippen molar-refractivity contribution in [3.8, 4) is 5.88 Å². The van der Waals surface area contributed by atoms with Crippen molar-refractivity contribution in [1.82, 2.24) is 14.9 Å². The molecule has 0 radical (unpaired) electrons. The Labute approximate surface area is 114 Å². The zero-order valence-corrected chi connectivity index (χ0v) is 11.7. The van der Waals surface area contributed by atoms with Crippen LogP contribution in [0.15, 0.2) is 6.07 Å². The van der Waals surface area contributed by atoms with Gasteiger partial charge in [0, 0.05) is 25.1 Å². The normalized spacial score (nSPS) is 14.7. The SMILES string of the molecule is CCCc1nc(NN)cc(OCCN(C)C2CC2)n1. The lowest BCUT2D eigenvalue weighted by atomic mass is 10.3. The highest BCUT2D eigenvalue weighted by Gasteiger charge is 2.25. The van der Waals surface area contributed by atoms with Crippen LogP contribution in [-0.4, -0.2) is 41.1 Å². The third-order valence-electron chi connectivity index (χ3n) is 3.23. The summed E-state index contributed by atoms with van der Waals surface area (Å²) in [5.41, 5.74) is 2.55. The number of hydrogen-bond donors (Lipinski definition) is 2. The fraction of sp³-hybridized carbons (Fsp3) is 0.692. The first-order chi connectivity index (χ1) is 9.22. The van der Waals surface area contributed by atoms with Crippen LogP contribution in [0, 0.1) is 0 Å². The number of nitrogens with two attached hydrogens (primary N) is 1. The number of hydrogen-bond acceptors (Lipinski definition) is 6. The summed E-state index contributed by atoms with van der Waals surface area (Å²) in [5.74, 6) is 7.37. The smallest absolute Gasteiger partial charge is 0.218 e. The number of aryl methyl sites for hydroxylation is 1. The lowest BCUT2D eigenvalue weighted by Gasteiger charge is -2.15. The molecule has 1 fully saturated rings. The van der Waals surface area contributed by atoms with Crippen LogP contribution in [0.5, 0.6) is 5.88 Å². The molecule has 1 aliphatic carbocycles. The van der Waals surface area contributed by atoms with E-state index in [9.17, 15) is 0 Å². The van der Waals surface area contributed by atoms with Gasteiger partial charge in [0.2, 0.25) is 5.88 Å². The number of ether oxygens (including phenoxy) is 1. The lowest BCUT2D eigenvalue weighted by molar-refractivity contribution is 0.226. The van der Waals surface area contributed by atoms with E-state index in [0.29, 0.717) is 18.3 Å². The minimum atomic E-state index is 0.593. The van der Waals surface area contributed by atoms with Crippen LogP contribution in [0.4, 0.5) is 5.82 Å². The second kappa shape index (κ2) is 6.68. The van der Waals surface area contributed by atoms with E-state index in [4.69, 9.17) is 10.6 Å². The van der Waals surface area contributed by atoms with E-state index < -0.39 is 0 Å². The van der Waals surface area contributed by atoms with Gasteiger partial charge in [-0.05, 0) is 26.3 Å². The third-order valence-corrected chi connectivity index (χ3v) is 3.23. The molecule has 19 heavy (non-hydrogen) atoms. The summed E-state index contributed by atoms with van der Waals surface area (Å²) >= 11 is 0. The van der Waals surface area contributed by atoms with Gasteiger partial charge in [0.05, 0.1) is 0 Å². The molecule has 106 valence electrons. The van der Waals surface area contributed by atoms with Crippen LogP contribution in [0.1, 0.15) is 32.0 Å². The molecule has 0 spiro atoms.